The summed E-state index contributed by atoms with van der Waals surface area (Å²) in [5, 5.41) is 2.47. The van der Waals surface area contributed by atoms with Gasteiger partial charge in [0.2, 0.25) is 10.0 Å². The lowest BCUT2D eigenvalue weighted by molar-refractivity contribution is 0.102. The number of nitrogens with one attached hydrogen (secondary N) is 1. The molecule has 0 bridgehead atoms. The molecule has 0 aromatic heterocycles. The van der Waals surface area contributed by atoms with Gasteiger partial charge in [-0.2, -0.15) is 4.31 Å². The average molecular weight is 398 g/mol. The third-order valence-corrected chi connectivity index (χ3v) is 6.01. The number of nitrogens with zero attached hydrogens (tertiary/aromatic N) is 1. The van der Waals surface area contributed by atoms with Crippen molar-refractivity contribution in [1.29, 1.82) is 0 Å². The van der Waals surface area contributed by atoms with Crippen LogP contribution in [0.4, 0.5) is 10.1 Å². The first kappa shape index (κ1) is 19.7. The molecule has 3 rings (SSSR count). The second kappa shape index (κ2) is 8.33. The number of hydrogen-bond acceptors (Lipinski definition) is 3. The number of sulfonamides is 1. The molecule has 1 amide bonds. The van der Waals surface area contributed by atoms with Crippen LogP contribution in [0.15, 0.2) is 83.8 Å². The maximum atomic E-state index is 13.7. The molecule has 144 valence electrons. The van der Waals surface area contributed by atoms with E-state index in [0.29, 0.717) is 0 Å². The van der Waals surface area contributed by atoms with E-state index in [1.54, 1.807) is 6.07 Å². The Balaban J connectivity index is 1.74. The van der Waals surface area contributed by atoms with Gasteiger partial charge in [-0.25, -0.2) is 12.8 Å². The molecule has 0 aliphatic rings. The summed E-state index contributed by atoms with van der Waals surface area (Å²) in [5.41, 5.74) is 1.16. The fourth-order valence-corrected chi connectivity index (χ4v) is 3.80. The highest BCUT2D eigenvalue weighted by Crippen LogP contribution is 2.19. The third-order valence-electron chi connectivity index (χ3n) is 4.19. The Bertz CT molecular complexity index is 1070. The fraction of sp³-hybridized carbons (Fsp3) is 0.0952. The van der Waals surface area contributed by atoms with Crippen molar-refractivity contribution < 1.29 is 17.6 Å². The summed E-state index contributed by atoms with van der Waals surface area (Å²) >= 11 is 0. The van der Waals surface area contributed by atoms with Crippen LogP contribution in [0.2, 0.25) is 0 Å². The van der Waals surface area contributed by atoms with Gasteiger partial charge in [0, 0.05) is 19.2 Å². The summed E-state index contributed by atoms with van der Waals surface area (Å²) in [6.45, 7) is 0.235. The van der Waals surface area contributed by atoms with E-state index in [1.165, 1.54) is 53.8 Å². The Labute approximate surface area is 163 Å². The van der Waals surface area contributed by atoms with Crippen molar-refractivity contribution in [3.63, 3.8) is 0 Å². The van der Waals surface area contributed by atoms with Gasteiger partial charge in [-0.3, -0.25) is 4.79 Å². The van der Waals surface area contributed by atoms with Gasteiger partial charge >= 0.3 is 0 Å². The molecule has 0 spiro atoms. The Hall–Kier alpha value is -3.03. The topological polar surface area (TPSA) is 66.5 Å². The smallest absolute Gasteiger partial charge is 0.255 e. The van der Waals surface area contributed by atoms with Crippen molar-refractivity contribution in [1.82, 2.24) is 4.31 Å². The SMILES string of the molecule is CN(Cc1ccccc1)S(=O)(=O)c1ccc(C(=O)Nc2ccccc2F)cc1. The normalized spacial score (nSPS) is 11.4. The van der Waals surface area contributed by atoms with E-state index in [9.17, 15) is 17.6 Å². The molecule has 3 aromatic carbocycles. The Morgan fingerprint density at radius 1 is 0.929 bits per heavy atom. The first-order chi connectivity index (χ1) is 13.4. The summed E-state index contributed by atoms with van der Waals surface area (Å²) in [4.78, 5) is 12.3. The predicted octanol–water partition coefficient (Wildman–Crippen LogP) is 3.90. The van der Waals surface area contributed by atoms with Crippen molar-refractivity contribution in [3.8, 4) is 0 Å². The number of hydrogen-bond donors (Lipinski definition) is 1. The van der Waals surface area contributed by atoms with Gasteiger partial charge in [-0.15, -0.1) is 0 Å². The summed E-state index contributed by atoms with van der Waals surface area (Å²) in [6.07, 6.45) is 0. The van der Waals surface area contributed by atoms with Crippen LogP contribution in [0.5, 0.6) is 0 Å². The van der Waals surface area contributed by atoms with E-state index in [0.717, 1.165) is 5.56 Å². The molecule has 0 unspecified atom stereocenters. The molecule has 28 heavy (non-hydrogen) atoms. The zero-order chi connectivity index (χ0) is 20.1. The van der Waals surface area contributed by atoms with Gasteiger partial charge in [-0.05, 0) is 42.0 Å². The predicted molar refractivity (Wildman–Crippen MR) is 106 cm³/mol. The molecular weight excluding hydrogens is 379 g/mol. The van der Waals surface area contributed by atoms with Crippen LogP contribution < -0.4 is 5.32 Å². The van der Waals surface area contributed by atoms with E-state index in [1.807, 2.05) is 30.3 Å². The number of anilines is 1. The molecule has 0 atom stereocenters. The monoisotopic (exact) mass is 398 g/mol. The molecule has 0 radical (unpaired) electrons. The Morgan fingerprint density at radius 3 is 2.18 bits per heavy atom. The minimum atomic E-state index is -3.70. The lowest BCUT2D eigenvalue weighted by Crippen LogP contribution is -2.26. The molecule has 0 fully saturated rings. The molecule has 7 heteroatoms. The quantitative estimate of drug-likeness (QED) is 0.685. The van der Waals surface area contributed by atoms with Crippen LogP contribution >= 0.6 is 0 Å². The number of para-hydroxylation sites is 1. The summed E-state index contributed by atoms with van der Waals surface area (Å²) < 4.78 is 40.4. The molecular formula is C21H19FN2O3S. The van der Waals surface area contributed by atoms with E-state index in [-0.39, 0.29) is 22.7 Å². The van der Waals surface area contributed by atoms with Gasteiger partial charge in [0.25, 0.3) is 5.91 Å². The second-order valence-electron chi connectivity index (χ2n) is 6.21. The number of benzene rings is 3. The van der Waals surface area contributed by atoms with Gasteiger partial charge in [0.1, 0.15) is 5.82 Å². The lowest BCUT2D eigenvalue weighted by Gasteiger charge is -2.17. The van der Waals surface area contributed by atoms with Crippen LogP contribution in [0.25, 0.3) is 0 Å². The number of halogens is 1. The highest BCUT2D eigenvalue weighted by Gasteiger charge is 2.21. The largest absolute Gasteiger partial charge is 0.319 e. The number of carbonyl (C=O) groups is 1. The van der Waals surface area contributed by atoms with Crippen LogP contribution in [0, 0.1) is 5.82 Å². The minimum Gasteiger partial charge on any atom is -0.319 e. The molecule has 0 aliphatic carbocycles. The standard InChI is InChI=1S/C21H19FN2O3S/c1-24(15-16-7-3-2-4-8-16)28(26,27)18-13-11-17(12-14-18)21(25)23-20-10-6-5-9-19(20)22/h2-14H,15H2,1H3,(H,23,25). The molecule has 1 N–H and O–H groups in total. The van der Waals surface area contributed by atoms with Crippen molar-refractivity contribution >= 4 is 21.6 Å². The van der Waals surface area contributed by atoms with E-state index < -0.39 is 21.7 Å². The number of amides is 1. The molecule has 0 saturated carbocycles. The van der Waals surface area contributed by atoms with Crippen molar-refractivity contribution in [3.05, 3.63) is 95.8 Å². The van der Waals surface area contributed by atoms with Gasteiger partial charge in [-0.1, -0.05) is 42.5 Å². The van der Waals surface area contributed by atoms with Crippen LogP contribution in [0.1, 0.15) is 15.9 Å². The van der Waals surface area contributed by atoms with Crippen molar-refractivity contribution in [2.45, 2.75) is 11.4 Å². The number of carbonyl (C=O) groups excluding carboxylic acids is 1. The summed E-state index contributed by atoms with van der Waals surface area (Å²) in [7, 11) is -2.20. The van der Waals surface area contributed by atoms with Gasteiger partial charge in [0.05, 0.1) is 10.6 Å². The molecule has 3 aromatic rings. The van der Waals surface area contributed by atoms with Crippen LogP contribution in [0.3, 0.4) is 0 Å². The number of rotatable bonds is 6. The van der Waals surface area contributed by atoms with E-state index in [4.69, 9.17) is 0 Å². The minimum absolute atomic E-state index is 0.0618. The van der Waals surface area contributed by atoms with Gasteiger partial charge < -0.3 is 5.32 Å². The maximum absolute atomic E-state index is 13.7. The Morgan fingerprint density at radius 2 is 1.54 bits per heavy atom. The van der Waals surface area contributed by atoms with E-state index >= 15 is 0 Å². The van der Waals surface area contributed by atoms with Crippen LogP contribution in [-0.2, 0) is 16.6 Å². The zero-order valence-electron chi connectivity index (χ0n) is 15.2. The highest BCUT2D eigenvalue weighted by molar-refractivity contribution is 7.89. The summed E-state index contributed by atoms with van der Waals surface area (Å²) in [6, 6.07) is 20.6. The lowest BCUT2D eigenvalue weighted by atomic mass is 10.2. The molecule has 0 saturated heterocycles. The highest BCUT2D eigenvalue weighted by atomic mass is 32.2. The van der Waals surface area contributed by atoms with E-state index in [2.05, 4.69) is 5.32 Å². The molecule has 0 heterocycles. The first-order valence-corrected chi connectivity index (χ1v) is 9.98. The average Bonchev–Trinajstić information content (AvgIpc) is 2.70. The third kappa shape index (κ3) is 4.44. The molecule has 0 aliphatic heterocycles. The first-order valence-electron chi connectivity index (χ1n) is 8.54. The summed E-state index contributed by atoms with van der Waals surface area (Å²) in [5.74, 6) is -1.07. The Kier molecular flexibility index (Phi) is 5.87. The maximum Gasteiger partial charge on any atom is 0.255 e. The van der Waals surface area contributed by atoms with Crippen molar-refractivity contribution in [2.24, 2.45) is 0 Å². The second-order valence-corrected chi connectivity index (χ2v) is 8.25. The van der Waals surface area contributed by atoms with Crippen LogP contribution in [-0.4, -0.2) is 25.7 Å². The molecule has 5 nitrogen and oxygen atoms in total. The van der Waals surface area contributed by atoms with Gasteiger partial charge in [0.15, 0.2) is 0 Å². The zero-order valence-corrected chi connectivity index (χ0v) is 16.0. The fourth-order valence-electron chi connectivity index (χ4n) is 2.64. The van der Waals surface area contributed by atoms with Crippen molar-refractivity contribution in [2.75, 3.05) is 12.4 Å².